The first-order valence-corrected chi connectivity index (χ1v) is 21.9. The molecule has 0 saturated carbocycles. The number of rotatable bonds is 6. The number of aromatic nitrogens is 2. The fraction of sp³-hybridized carbons (Fsp3) is 0.240. The second kappa shape index (κ2) is 17.4. The number of pyridine rings is 2. The molecule has 0 aliphatic carbocycles. The van der Waals surface area contributed by atoms with E-state index in [1.54, 1.807) is 0 Å². The zero-order valence-corrected chi connectivity index (χ0v) is 35.6. The molecule has 0 atom stereocenters. The summed E-state index contributed by atoms with van der Waals surface area (Å²) in [7, 11) is 4.64. The van der Waals surface area contributed by atoms with Crippen LogP contribution in [0.5, 0.6) is 0 Å². The van der Waals surface area contributed by atoms with Gasteiger partial charge in [-0.05, 0) is 90.3 Å². The zero-order chi connectivity index (χ0) is 38.5. The molecule has 0 unspecified atom stereocenters. The van der Waals surface area contributed by atoms with E-state index in [9.17, 15) is 0 Å². The van der Waals surface area contributed by atoms with Crippen molar-refractivity contribution >= 4 is 52.7 Å². The Bertz CT molecular complexity index is 2320. The topological polar surface area (TPSA) is 25.8 Å². The van der Waals surface area contributed by atoms with Gasteiger partial charge in [0, 0.05) is 12.4 Å². The van der Waals surface area contributed by atoms with Crippen LogP contribution >= 0.6 is 9.58 Å². The first kappa shape index (κ1) is 39.3. The van der Waals surface area contributed by atoms with Gasteiger partial charge in [0.25, 0.3) is 0 Å². The van der Waals surface area contributed by atoms with Gasteiger partial charge in [0.05, 0.1) is 0 Å². The normalized spacial score (nSPS) is 11.4. The molecule has 0 amide bonds. The number of halogens is 1. The predicted octanol–water partition coefficient (Wildman–Crippen LogP) is 14.9. The van der Waals surface area contributed by atoms with E-state index in [0.29, 0.717) is 23.7 Å². The molecular weight excluding hydrogens is 856 g/mol. The SMILES string of the molecule is CC(C)c1[c-]c(-c2nccc3c2ccc2ccccc23)cc(C(C)C)c1.CC(C)c1[c-]c(-c2nccc3c2ccc2ccccc23)cc(C(C)C)c1.[Cl][Ir+2]. The summed E-state index contributed by atoms with van der Waals surface area (Å²) in [6.45, 7) is 17.9. The molecule has 0 spiro atoms. The van der Waals surface area contributed by atoms with E-state index in [1.165, 1.54) is 83.2 Å². The van der Waals surface area contributed by atoms with Crippen molar-refractivity contribution in [2.45, 2.75) is 79.1 Å². The number of nitrogens with zero attached hydrogens (tertiary/aromatic N) is 2. The van der Waals surface area contributed by atoms with Gasteiger partial charge >= 0.3 is 27.5 Å². The van der Waals surface area contributed by atoms with Gasteiger partial charge in [-0.25, -0.2) is 0 Å². The Kier molecular flexibility index (Phi) is 12.6. The molecule has 4 heteroatoms. The molecule has 6 aromatic carbocycles. The molecule has 8 rings (SSSR count). The van der Waals surface area contributed by atoms with Crippen LogP contribution in [0.4, 0.5) is 0 Å². The van der Waals surface area contributed by atoms with Crippen LogP contribution in [-0.2, 0) is 17.9 Å². The van der Waals surface area contributed by atoms with E-state index in [1.807, 2.05) is 12.4 Å². The van der Waals surface area contributed by atoms with Crippen LogP contribution in [0.3, 0.4) is 0 Å². The minimum absolute atomic E-state index is 0.447. The molecule has 2 heterocycles. The van der Waals surface area contributed by atoms with E-state index < -0.39 is 0 Å². The molecule has 0 aliphatic heterocycles. The quantitative estimate of drug-likeness (QED) is 0.123. The number of hydrogen-bond donors (Lipinski definition) is 0. The molecule has 54 heavy (non-hydrogen) atoms. The fourth-order valence-corrected chi connectivity index (χ4v) is 7.08. The summed E-state index contributed by atoms with van der Waals surface area (Å²) < 4.78 is 0. The predicted molar refractivity (Wildman–Crippen MR) is 229 cm³/mol. The van der Waals surface area contributed by atoms with Crippen molar-refractivity contribution in [1.29, 1.82) is 0 Å². The molecule has 2 aromatic heterocycles. The van der Waals surface area contributed by atoms with Crippen LogP contribution in [0, 0.1) is 12.1 Å². The van der Waals surface area contributed by atoms with Crippen LogP contribution in [0.25, 0.3) is 65.6 Å². The average Bonchev–Trinajstić information content (AvgIpc) is 3.20. The van der Waals surface area contributed by atoms with Crippen molar-refractivity contribution < 1.29 is 17.9 Å². The van der Waals surface area contributed by atoms with E-state index >= 15 is 0 Å². The Morgan fingerprint density at radius 3 is 1.19 bits per heavy atom. The zero-order valence-electron chi connectivity index (χ0n) is 32.5. The number of fused-ring (bicyclic) bond motifs is 6. The van der Waals surface area contributed by atoms with E-state index in [-0.39, 0.29) is 0 Å². The first-order valence-electron chi connectivity index (χ1n) is 18.9. The number of benzene rings is 6. The monoisotopic (exact) mass is 904 g/mol. The summed E-state index contributed by atoms with van der Waals surface area (Å²) in [5.74, 6) is 1.86. The summed E-state index contributed by atoms with van der Waals surface area (Å²) in [4.78, 5) is 9.51. The van der Waals surface area contributed by atoms with Crippen molar-refractivity contribution in [1.82, 2.24) is 9.97 Å². The average molecular weight is 905 g/mol. The summed E-state index contributed by atoms with van der Waals surface area (Å²) >= 11 is 1.47. The molecule has 8 aromatic rings. The first-order chi connectivity index (χ1) is 26.1. The maximum absolute atomic E-state index is 4.75. The third kappa shape index (κ3) is 8.30. The van der Waals surface area contributed by atoms with Crippen molar-refractivity contribution in [3.05, 3.63) is 156 Å². The maximum atomic E-state index is 4.75. The molecule has 0 saturated heterocycles. The van der Waals surface area contributed by atoms with Gasteiger partial charge in [0.1, 0.15) is 0 Å². The van der Waals surface area contributed by atoms with E-state index in [4.69, 9.17) is 9.97 Å². The fourth-order valence-electron chi connectivity index (χ4n) is 7.08. The molecule has 274 valence electrons. The van der Waals surface area contributed by atoms with Crippen LogP contribution < -0.4 is 0 Å². The van der Waals surface area contributed by atoms with Crippen LogP contribution in [0.2, 0.25) is 0 Å². The Labute approximate surface area is 336 Å². The Hall–Kier alpha value is -4.40. The molecule has 2 nitrogen and oxygen atoms in total. The molecule has 0 radical (unpaired) electrons. The van der Waals surface area contributed by atoms with Gasteiger partial charge in [0.2, 0.25) is 0 Å². The van der Waals surface area contributed by atoms with Gasteiger partial charge in [-0.1, -0.05) is 128 Å². The number of hydrogen-bond acceptors (Lipinski definition) is 2. The minimum atomic E-state index is 0.447. The van der Waals surface area contributed by atoms with Crippen LogP contribution in [0.15, 0.2) is 122 Å². The van der Waals surface area contributed by atoms with Gasteiger partial charge in [0.15, 0.2) is 0 Å². The molecule has 0 aliphatic rings. The molecule has 0 bridgehead atoms. The standard InChI is InChI=1S/2C25H24N.ClH.Ir/c2*1-16(2)19-13-20(17(3)4)15-21(14-19)25-24-10-9-18-7-5-6-8-22(18)23(24)11-12-26-25;;/h2*5-14,16-17H,1-4H3;1H;/q2*-1;;+3/p-1. The van der Waals surface area contributed by atoms with Crippen molar-refractivity contribution in [3.63, 3.8) is 0 Å². The third-order valence-electron chi connectivity index (χ3n) is 10.3. The second-order valence-electron chi connectivity index (χ2n) is 15.3. The second-order valence-corrected chi connectivity index (χ2v) is 15.3. The van der Waals surface area contributed by atoms with E-state index in [2.05, 4.69) is 186 Å². The van der Waals surface area contributed by atoms with Crippen LogP contribution in [0.1, 0.15) is 101 Å². The summed E-state index contributed by atoms with van der Waals surface area (Å²) in [6.07, 6.45) is 3.85. The van der Waals surface area contributed by atoms with Crippen molar-refractivity contribution in [2.75, 3.05) is 0 Å². The molecule has 0 fully saturated rings. The Morgan fingerprint density at radius 2 is 0.815 bits per heavy atom. The van der Waals surface area contributed by atoms with E-state index in [0.717, 1.165) is 22.5 Å². The van der Waals surface area contributed by atoms with Gasteiger partial charge < -0.3 is 9.97 Å². The van der Waals surface area contributed by atoms with Crippen molar-refractivity contribution in [2.24, 2.45) is 0 Å². The third-order valence-corrected chi connectivity index (χ3v) is 10.3. The molecule has 0 N–H and O–H groups in total. The summed E-state index contributed by atoms with van der Waals surface area (Å²) in [5, 5.41) is 9.97. The summed E-state index contributed by atoms with van der Waals surface area (Å²) in [6, 6.07) is 46.5. The van der Waals surface area contributed by atoms with Gasteiger partial charge in [-0.15, -0.1) is 69.8 Å². The molecular formula is C50H48ClIrN2. The van der Waals surface area contributed by atoms with Crippen molar-refractivity contribution in [3.8, 4) is 22.5 Å². The summed E-state index contributed by atoms with van der Waals surface area (Å²) in [5.41, 5.74) is 9.46. The van der Waals surface area contributed by atoms with Crippen LogP contribution in [-0.4, -0.2) is 9.97 Å². The Balaban J connectivity index is 0.000000176. The van der Waals surface area contributed by atoms with Gasteiger partial charge in [-0.3, -0.25) is 0 Å². The van der Waals surface area contributed by atoms with Gasteiger partial charge in [-0.2, -0.15) is 0 Å². The Morgan fingerprint density at radius 1 is 0.426 bits per heavy atom.